The predicted octanol–water partition coefficient (Wildman–Crippen LogP) is 5.84. The Bertz CT molecular complexity index is 1360. The van der Waals surface area contributed by atoms with Gasteiger partial charge in [-0.25, -0.2) is 0 Å². The molecule has 1 aliphatic heterocycles. The van der Waals surface area contributed by atoms with E-state index in [1.54, 1.807) is 24.3 Å². The van der Waals surface area contributed by atoms with Crippen molar-refractivity contribution >= 4 is 22.5 Å². The Labute approximate surface area is 208 Å². The number of para-hydroxylation sites is 1. The van der Waals surface area contributed by atoms with Gasteiger partial charge in [-0.05, 0) is 49.1 Å². The molecule has 11 heteroatoms. The van der Waals surface area contributed by atoms with Gasteiger partial charge < -0.3 is 14.4 Å². The summed E-state index contributed by atoms with van der Waals surface area (Å²) in [5.74, 6) is -0.780. The summed E-state index contributed by atoms with van der Waals surface area (Å²) in [5.41, 5.74) is -2.97. The van der Waals surface area contributed by atoms with Crippen molar-refractivity contribution in [1.29, 1.82) is 0 Å². The van der Waals surface area contributed by atoms with Crippen LogP contribution in [0.3, 0.4) is 0 Å². The molecule has 37 heavy (non-hydrogen) atoms. The normalized spacial score (nSPS) is 14.8. The lowest BCUT2D eigenvalue weighted by Gasteiger charge is -2.32. The van der Waals surface area contributed by atoms with Gasteiger partial charge in [0.25, 0.3) is 11.5 Å². The van der Waals surface area contributed by atoms with Crippen LogP contribution in [0, 0.1) is 0 Å². The standard InChI is InChI=1S/C26H25F6N3O2/c1-33(15-16-12-17(25(27,28)29)14-18(13-16)26(30,31)32)23(36)21-22(35-10-6-3-7-11-35)19-8-4-5-9-20(19)34(2)24(21)37/h4-5,8-9,12-14H,3,6-7,10-11,15H2,1-2H3. The van der Waals surface area contributed by atoms with Crippen molar-refractivity contribution in [3.8, 4) is 0 Å². The summed E-state index contributed by atoms with van der Waals surface area (Å²) < 4.78 is 81.2. The van der Waals surface area contributed by atoms with Gasteiger partial charge in [0.1, 0.15) is 5.56 Å². The van der Waals surface area contributed by atoms with Crippen molar-refractivity contribution in [2.75, 3.05) is 25.0 Å². The molecule has 5 nitrogen and oxygen atoms in total. The SMILES string of the molecule is CN(Cc1cc(C(F)(F)F)cc(C(F)(F)F)c1)C(=O)c1c(N2CCCCC2)c2ccccc2n(C)c1=O. The smallest absolute Gasteiger partial charge is 0.370 e. The van der Waals surface area contributed by atoms with Crippen LogP contribution < -0.4 is 10.5 Å². The van der Waals surface area contributed by atoms with Crippen molar-refractivity contribution < 1.29 is 31.1 Å². The van der Waals surface area contributed by atoms with Crippen molar-refractivity contribution in [2.24, 2.45) is 7.05 Å². The van der Waals surface area contributed by atoms with E-state index in [1.807, 2.05) is 4.90 Å². The summed E-state index contributed by atoms with van der Waals surface area (Å²) in [4.78, 5) is 30.0. The molecule has 3 aromatic rings. The van der Waals surface area contributed by atoms with Gasteiger partial charge in [0.15, 0.2) is 0 Å². The first kappa shape index (κ1) is 26.6. The molecule has 1 aliphatic rings. The summed E-state index contributed by atoms with van der Waals surface area (Å²) in [6, 6.07) is 8.30. The third kappa shape index (κ3) is 5.30. The molecule has 0 saturated carbocycles. The Morgan fingerprint density at radius 3 is 2.05 bits per heavy atom. The number of halogens is 6. The van der Waals surface area contributed by atoms with E-state index in [2.05, 4.69) is 0 Å². The first-order chi connectivity index (χ1) is 17.3. The van der Waals surface area contributed by atoms with Crippen LogP contribution in [-0.2, 0) is 25.9 Å². The van der Waals surface area contributed by atoms with Crippen LogP contribution in [0.4, 0.5) is 32.0 Å². The topological polar surface area (TPSA) is 45.6 Å². The number of fused-ring (bicyclic) bond motifs is 1. The van der Waals surface area contributed by atoms with E-state index < -0.39 is 41.5 Å². The van der Waals surface area contributed by atoms with Gasteiger partial charge in [-0.3, -0.25) is 9.59 Å². The van der Waals surface area contributed by atoms with E-state index >= 15 is 0 Å². The average Bonchev–Trinajstić information content (AvgIpc) is 2.85. The number of benzene rings is 2. The minimum Gasteiger partial charge on any atom is -0.370 e. The Balaban J connectivity index is 1.80. The molecular weight excluding hydrogens is 500 g/mol. The van der Waals surface area contributed by atoms with Gasteiger partial charge in [0, 0.05) is 39.1 Å². The Morgan fingerprint density at radius 1 is 0.919 bits per heavy atom. The van der Waals surface area contributed by atoms with Crippen LogP contribution in [-0.4, -0.2) is 35.5 Å². The number of piperidine rings is 1. The number of aromatic nitrogens is 1. The van der Waals surface area contributed by atoms with Crippen molar-refractivity contribution in [2.45, 2.75) is 38.2 Å². The Hall–Kier alpha value is -3.50. The van der Waals surface area contributed by atoms with Gasteiger partial charge >= 0.3 is 12.4 Å². The Kier molecular flexibility index (Phi) is 7.00. The Morgan fingerprint density at radius 2 is 1.49 bits per heavy atom. The van der Waals surface area contributed by atoms with Crippen LogP contribution in [0.5, 0.6) is 0 Å². The van der Waals surface area contributed by atoms with E-state index in [1.165, 1.54) is 18.7 Å². The summed E-state index contributed by atoms with van der Waals surface area (Å²) in [5, 5.41) is 0.668. The van der Waals surface area contributed by atoms with Crippen molar-refractivity contribution in [1.82, 2.24) is 9.47 Å². The van der Waals surface area contributed by atoms with E-state index in [9.17, 15) is 35.9 Å². The molecule has 198 valence electrons. The molecule has 0 aliphatic carbocycles. The second-order valence-electron chi connectivity index (χ2n) is 9.23. The highest BCUT2D eigenvalue weighted by molar-refractivity contribution is 6.07. The molecule has 1 fully saturated rings. The first-order valence-corrected chi connectivity index (χ1v) is 11.7. The zero-order valence-electron chi connectivity index (χ0n) is 20.2. The molecule has 1 aromatic heterocycles. The molecule has 2 aromatic carbocycles. The molecule has 1 saturated heterocycles. The van der Waals surface area contributed by atoms with E-state index in [0.29, 0.717) is 41.8 Å². The minimum atomic E-state index is -5.01. The third-order valence-electron chi connectivity index (χ3n) is 6.58. The van der Waals surface area contributed by atoms with Gasteiger partial charge in [-0.2, -0.15) is 26.3 Å². The molecule has 0 bridgehead atoms. The van der Waals surface area contributed by atoms with E-state index in [4.69, 9.17) is 0 Å². The second-order valence-corrected chi connectivity index (χ2v) is 9.23. The molecule has 0 radical (unpaired) electrons. The number of rotatable bonds is 4. The van der Waals surface area contributed by atoms with E-state index in [-0.39, 0.29) is 17.2 Å². The third-order valence-corrected chi connectivity index (χ3v) is 6.58. The maximum absolute atomic E-state index is 13.6. The monoisotopic (exact) mass is 525 g/mol. The fourth-order valence-electron chi connectivity index (χ4n) is 4.77. The maximum atomic E-state index is 13.6. The minimum absolute atomic E-state index is 0.0405. The lowest BCUT2D eigenvalue weighted by Crippen LogP contribution is -2.39. The molecule has 1 amide bonds. The molecular formula is C26H25F6N3O2. The summed E-state index contributed by atoms with van der Waals surface area (Å²) in [6.07, 6.45) is -7.29. The van der Waals surface area contributed by atoms with Crippen molar-refractivity contribution in [3.63, 3.8) is 0 Å². The average molecular weight is 525 g/mol. The van der Waals surface area contributed by atoms with Crippen LogP contribution in [0.15, 0.2) is 47.3 Å². The van der Waals surface area contributed by atoms with Gasteiger partial charge in [-0.1, -0.05) is 18.2 Å². The highest BCUT2D eigenvalue weighted by Gasteiger charge is 2.37. The first-order valence-electron chi connectivity index (χ1n) is 11.7. The van der Waals surface area contributed by atoms with Crippen LogP contribution in [0.1, 0.15) is 46.3 Å². The molecule has 0 atom stereocenters. The van der Waals surface area contributed by atoms with Crippen LogP contribution in [0.2, 0.25) is 0 Å². The van der Waals surface area contributed by atoms with Gasteiger partial charge in [0.2, 0.25) is 0 Å². The molecule has 2 heterocycles. The zero-order chi connectivity index (χ0) is 27.1. The molecule has 4 rings (SSSR count). The summed E-state index contributed by atoms with van der Waals surface area (Å²) in [6.45, 7) is 0.675. The van der Waals surface area contributed by atoms with Gasteiger partial charge in [-0.15, -0.1) is 0 Å². The summed E-state index contributed by atoms with van der Waals surface area (Å²) >= 11 is 0. The molecule has 0 unspecified atom stereocenters. The highest BCUT2D eigenvalue weighted by atomic mass is 19.4. The highest BCUT2D eigenvalue weighted by Crippen LogP contribution is 2.37. The molecule has 0 spiro atoms. The number of hydrogen-bond donors (Lipinski definition) is 0. The second kappa shape index (κ2) is 9.75. The van der Waals surface area contributed by atoms with E-state index in [0.717, 1.165) is 24.2 Å². The van der Waals surface area contributed by atoms with Gasteiger partial charge in [0.05, 0.1) is 22.3 Å². The fourth-order valence-corrected chi connectivity index (χ4v) is 4.77. The number of carbonyl (C=O) groups is 1. The lowest BCUT2D eigenvalue weighted by molar-refractivity contribution is -0.143. The summed E-state index contributed by atoms with van der Waals surface area (Å²) in [7, 11) is 2.77. The molecule has 0 N–H and O–H groups in total. The number of aryl methyl sites for hydroxylation is 1. The zero-order valence-corrected chi connectivity index (χ0v) is 20.2. The number of hydrogen-bond acceptors (Lipinski definition) is 3. The fraction of sp³-hybridized carbons (Fsp3) is 0.385. The largest absolute Gasteiger partial charge is 0.416 e. The maximum Gasteiger partial charge on any atom is 0.416 e. The number of anilines is 1. The number of alkyl halides is 6. The van der Waals surface area contributed by atoms with Crippen LogP contribution in [0.25, 0.3) is 10.9 Å². The lowest BCUT2D eigenvalue weighted by atomic mass is 10.0. The number of pyridine rings is 1. The van der Waals surface area contributed by atoms with Crippen molar-refractivity contribution in [3.05, 3.63) is 75.1 Å². The number of nitrogens with zero attached hydrogens (tertiary/aromatic N) is 3. The van der Waals surface area contributed by atoms with Crippen LogP contribution >= 0.6 is 0 Å². The number of amides is 1. The number of carbonyl (C=O) groups excluding carboxylic acids is 1. The quantitative estimate of drug-likeness (QED) is 0.402. The predicted molar refractivity (Wildman–Crippen MR) is 127 cm³/mol.